The van der Waals surface area contributed by atoms with Crippen LogP contribution < -0.4 is 0 Å². The van der Waals surface area contributed by atoms with Crippen LogP contribution in [0.2, 0.25) is 0 Å². The molecule has 0 aromatic carbocycles. The summed E-state index contributed by atoms with van der Waals surface area (Å²) in [6.45, 7) is 7.54. The number of cyclic esters (lactones) is 2. The summed E-state index contributed by atoms with van der Waals surface area (Å²) in [4.78, 5) is 51.4. The number of esters is 3. The van der Waals surface area contributed by atoms with Crippen LogP contribution in [0.1, 0.15) is 66.2 Å². The standard InChI is InChI=1S/C27H32O7/c1-13(28)16-5-6-17-23(16,3)12-18-27(34-18)24(4)8-7-15(32-14(2)29)11-25(24)9-10-26(17,27)20-19(25)21(30)33-22(20)31/h9-10,15-20H,5-8,11-12H2,1-4H3/t15-,16+,17+,18-,19+,20+,23+,24-,25-,26-,27-/m0/s1. The second-order valence-electron chi connectivity index (χ2n) is 12.7. The zero-order valence-corrected chi connectivity index (χ0v) is 20.2. The Morgan fingerprint density at radius 1 is 1.00 bits per heavy atom. The molecule has 3 spiro atoms. The van der Waals surface area contributed by atoms with Crippen LogP contribution in [0.15, 0.2) is 12.2 Å². The third kappa shape index (κ3) is 1.87. The highest BCUT2D eigenvalue weighted by atomic mass is 16.6. The monoisotopic (exact) mass is 468 g/mol. The van der Waals surface area contributed by atoms with Crippen molar-refractivity contribution >= 4 is 23.7 Å². The lowest BCUT2D eigenvalue weighted by atomic mass is 9.27. The zero-order chi connectivity index (χ0) is 24.1. The van der Waals surface area contributed by atoms with Crippen molar-refractivity contribution in [1.29, 1.82) is 0 Å². The van der Waals surface area contributed by atoms with E-state index in [0.717, 1.165) is 25.7 Å². The molecule has 4 saturated carbocycles. The molecule has 0 aromatic rings. The van der Waals surface area contributed by atoms with E-state index < -0.39 is 45.6 Å². The van der Waals surface area contributed by atoms with E-state index in [0.29, 0.717) is 12.8 Å². The van der Waals surface area contributed by atoms with Crippen molar-refractivity contribution in [2.24, 2.45) is 45.3 Å². The third-order valence-corrected chi connectivity index (χ3v) is 11.9. The van der Waals surface area contributed by atoms with Crippen molar-refractivity contribution in [1.82, 2.24) is 0 Å². The van der Waals surface area contributed by atoms with Crippen molar-refractivity contribution in [3.05, 3.63) is 12.2 Å². The maximum absolute atomic E-state index is 13.5. The smallest absolute Gasteiger partial charge is 0.318 e. The summed E-state index contributed by atoms with van der Waals surface area (Å²) in [6.07, 6.45) is 8.43. The number of ketones is 1. The van der Waals surface area contributed by atoms with E-state index in [-0.39, 0.29) is 41.2 Å². The number of epoxide rings is 1. The van der Waals surface area contributed by atoms with Crippen LogP contribution >= 0.6 is 0 Å². The normalized spacial score (nSPS) is 57.6. The molecule has 0 aromatic heterocycles. The molecule has 2 bridgehead atoms. The van der Waals surface area contributed by atoms with Crippen molar-refractivity contribution in [2.45, 2.75) is 84.0 Å². The first-order valence-corrected chi connectivity index (χ1v) is 12.8. The lowest BCUT2D eigenvalue weighted by molar-refractivity contribution is -0.238. The van der Waals surface area contributed by atoms with Gasteiger partial charge in [0.2, 0.25) is 0 Å². The minimum Gasteiger partial charge on any atom is -0.463 e. The Hall–Kier alpha value is -2.02. The van der Waals surface area contributed by atoms with E-state index in [1.165, 1.54) is 6.92 Å². The van der Waals surface area contributed by atoms with Crippen LogP contribution in [-0.4, -0.2) is 41.5 Å². The number of fused-ring (bicyclic) bond motifs is 1. The summed E-state index contributed by atoms with van der Waals surface area (Å²) in [6, 6.07) is 0. The Balaban J connectivity index is 1.47. The van der Waals surface area contributed by atoms with Crippen molar-refractivity contribution in [3.8, 4) is 0 Å². The van der Waals surface area contributed by atoms with Gasteiger partial charge in [-0.3, -0.25) is 19.2 Å². The molecule has 2 saturated heterocycles. The van der Waals surface area contributed by atoms with Gasteiger partial charge < -0.3 is 14.2 Å². The minimum atomic E-state index is -0.665. The molecule has 182 valence electrons. The lowest BCUT2D eigenvalue weighted by Crippen LogP contribution is -2.77. The molecular weight excluding hydrogens is 436 g/mol. The quantitative estimate of drug-likeness (QED) is 0.266. The fraction of sp³-hybridized carbons (Fsp3) is 0.778. The molecule has 8 aliphatic rings. The van der Waals surface area contributed by atoms with Gasteiger partial charge in [0.15, 0.2) is 0 Å². The van der Waals surface area contributed by atoms with Gasteiger partial charge >= 0.3 is 17.9 Å². The maximum atomic E-state index is 13.5. The first-order valence-electron chi connectivity index (χ1n) is 12.8. The van der Waals surface area contributed by atoms with Gasteiger partial charge in [0.25, 0.3) is 0 Å². The average molecular weight is 469 g/mol. The lowest BCUT2D eigenvalue weighted by Gasteiger charge is -2.72. The predicted octanol–water partition coefficient (Wildman–Crippen LogP) is 3.14. The average Bonchev–Trinajstić information content (AvgIpc) is 3.23. The first-order chi connectivity index (χ1) is 16.0. The number of carbonyl (C=O) groups excluding carboxylic acids is 4. The van der Waals surface area contributed by atoms with Crippen molar-refractivity contribution in [2.75, 3.05) is 0 Å². The number of ether oxygens (including phenoxy) is 3. The molecule has 7 heteroatoms. The Morgan fingerprint density at radius 2 is 1.74 bits per heavy atom. The Bertz CT molecular complexity index is 1110. The maximum Gasteiger partial charge on any atom is 0.318 e. The van der Waals surface area contributed by atoms with Crippen LogP contribution in [0, 0.1) is 45.3 Å². The molecule has 2 aliphatic heterocycles. The molecule has 0 radical (unpaired) electrons. The van der Waals surface area contributed by atoms with Crippen molar-refractivity contribution < 1.29 is 33.4 Å². The minimum absolute atomic E-state index is 0.0576. The van der Waals surface area contributed by atoms with Gasteiger partial charge in [-0.1, -0.05) is 26.0 Å². The fourth-order valence-electron chi connectivity index (χ4n) is 11.0. The molecule has 7 nitrogen and oxygen atoms in total. The molecule has 0 unspecified atom stereocenters. The molecule has 2 heterocycles. The van der Waals surface area contributed by atoms with Crippen LogP contribution in [-0.2, 0) is 33.4 Å². The zero-order valence-electron chi connectivity index (χ0n) is 20.2. The number of rotatable bonds is 2. The topological polar surface area (TPSA) is 99.3 Å². The molecule has 8 rings (SSSR count). The van der Waals surface area contributed by atoms with Crippen LogP contribution in [0.5, 0.6) is 0 Å². The molecule has 0 N–H and O–H groups in total. The summed E-state index contributed by atoms with van der Waals surface area (Å²) in [5.74, 6) is -2.24. The van der Waals surface area contributed by atoms with E-state index in [2.05, 4.69) is 26.0 Å². The van der Waals surface area contributed by atoms with Gasteiger partial charge in [0.1, 0.15) is 17.5 Å². The molecule has 6 aliphatic carbocycles. The SMILES string of the molecule is CC(=O)O[C@H]1CC[C@]2(C)[C@@]34O[C@H]3C[C@]3(C)[C@@H](C(C)=O)CC[C@H]3[C@]43C=C[C@]2(C1)[C@H]1C(=O)OC(=O)[C@@H]13. The van der Waals surface area contributed by atoms with Gasteiger partial charge in [-0.15, -0.1) is 0 Å². The Labute approximate surface area is 198 Å². The molecule has 0 amide bonds. The molecule has 6 fully saturated rings. The number of allylic oxidation sites excluding steroid dienone is 1. The number of hydrogen-bond donors (Lipinski definition) is 0. The van der Waals surface area contributed by atoms with Gasteiger partial charge in [0.05, 0.1) is 17.9 Å². The highest BCUT2D eigenvalue weighted by Crippen LogP contribution is 2.88. The van der Waals surface area contributed by atoms with Crippen molar-refractivity contribution in [3.63, 3.8) is 0 Å². The van der Waals surface area contributed by atoms with E-state index in [1.54, 1.807) is 6.92 Å². The molecule has 11 atom stereocenters. The molecular formula is C27H32O7. The number of Topliss-reactive ketones (excluding diaryl/α,β-unsaturated/α-hetero) is 1. The summed E-state index contributed by atoms with van der Waals surface area (Å²) in [5.41, 5.74) is -2.55. The second kappa shape index (κ2) is 5.85. The molecule has 34 heavy (non-hydrogen) atoms. The van der Waals surface area contributed by atoms with Gasteiger partial charge in [0, 0.05) is 29.1 Å². The highest BCUT2D eigenvalue weighted by molar-refractivity contribution is 5.99. The van der Waals surface area contributed by atoms with E-state index in [9.17, 15) is 19.2 Å². The summed E-state index contributed by atoms with van der Waals surface area (Å²) >= 11 is 0. The van der Waals surface area contributed by atoms with E-state index in [4.69, 9.17) is 14.2 Å². The Morgan fingerprint density at radius 3 is 2.44 bits per heavy atom. The van der Waals surface area contributed by atoms with Gasteiger partial charge in [-0.25, -0.2) is 0 Å². The third-order valence-electron chi connectivity index (χ3n) is 11.9. The van der Waals surface area contributed by atoms with Crippen LogP contribution in [0.4, 0.5) is 0 Å². The van der Waals surface area contributed by atoms with E-state index in [1.807, 2.05) is 0 Å². The summed E-state index contributed by atoms with van der Waals surface area (Å²) in [7, 11) is 0. The van der Waals surface area contributed by atoms with Crippen LogP contribution in [0.25, 0.3) is 0 Å². The highest BCUT2D eigenvalue weighted by Gasteiger charge is 2.94. The summed E-state index contributed by atoms with van der Waals surface area (Å²) < 4.78 is 17.9. The Kier molecular flexibility index (Phi) is 3.66. The fourth-order valence-corrected chi connectivity index (χ4v) is 11.0. The van der Waals surface area contributed by atoms with Gasteiger partial charge in [-0.05, 0) is 56.8 Å². The second-order valence-corrected chi connectivity index (χ2v) is 12.7. The predicted molar refractivity (Wildman–Crippen MR) is 117 cm³/mol. The largest absolute Gasteiger partial charge is 0.463 e. The van der Waals surface area contributed by atoms with E-state index >= 15 is 0 Å². The first kappa shape index (κ1) is 21.3. The van der Waals surface area contributed by atoms with Crippen LogP contribution in [0.3, 0.4) is 0 Å². The summed E-state index contributed by atoms with van der Waals surface area (Å²) in [5, 5.41) is 0. The number of hydrogen-bond acceptors (Lipinski definition) is 7. The number of carbonyl (C=O) groups is 4. The van der Waals surface area contributed by atoms with Gasteiger partial charge in [-0.2, -0.15) is 0 Å².